The topological polar surface area (TPSA) is 75.8 Å². The first-order valence-electron chi connectivity index (χ1n) is 9.05. The molecule has 28 heavy (non-hydrogen) atoms. The number of nitrogens with one attached hydrogen (secondary N) is 1. The number of phenolic OH excluding ortho intramolecular Hbond substituents is 1. The molecule has 1 amide bonds. The van der Waals surface area contributed by atoms with E-state index in [1.807, 2.05) is 61.7 Å². The number of hydrogen-bond donors (Lipinski definition) is 2. The van der Waals surface area contributed by atoms with Crippen molar-refractivity contribution in [2.24, 2.45) is 5.10 Å². The summed E-state index contributed by atoms with van der Waals surface area (Å²) >= 11 is 0. The van der Waals surface area contributed by atoms with E-state index in [2.05, 4.69) is 10.5 Å². The highest BCUT2D eigenvalue weighted by atomic mass is 16.5. The Hall–Kier alpha value is -3.54. The highest BCUT2D eigenvalue weighted by molar-refractivity contribution is 5.96. The number of ether oxygens (including phenoxy) is 1. The van der Waals surface area contributed by atoms with Gasteiger partial charge in [-0.3, -0.25) is 4.79 Å². The molecule has 0 saturated heterocycles. The smallest absolute Gasteiger partial charge is 0.273 e. The van der Waals surface area contributed by atoms with Gasteiger partial charge < -0.3 is 14.4 Å². The molecule has 144 valence electrons. The molecule has 1 aromatic heterocycles. The zero-order valence-electron chi connectivity index (χ0n) is 16.1. The van der Waals surface area contributed by atoms with Crippen molar-refractivity contribution in [2.45, 2.75) is 20.8 Å². The molecule has 0 aliphatic rings. The number of aromatic hydroxyl groups is 1. The number of amides is 1. The van der Waals surface area contributed by atoms with Crippen molar-refractivity contribution >= 4 is 12.1 Å². The van der Waals surface area contributed by atoms with Gasteiger partial charge >= 0.3 is 0 Å². The van der Waals surface area contributed by atoms with Crippen LogP contribution in [0.1, 0.15) is 34.2 Å². The molecule has 3 rings (SSSR count). The van der Waals surface area contributed by atoms with Crippen LogP contribution in [0.3, 0.4) is 0 Å². The standard InChI is InChI=1S/C22H23N3O3/c1-4-28-20-12-8-9-17(21(20)26)14-23-24-22(27)19-13-15(2)25(16(19)3)18-10-6-5-7-11-18/h5-14,26H,4H2,1-3H3,(H,24,27)/b23-14+. The first-order valence-corrected chi connectivity index (χ1v) is 9.05. The van der Waals surface area contributed by atoms with Crippen molar-refractivity contribution in [3.63, 3.8) is 0 Å². The van der Waals surface area contributed by atoms with E-state index < -0.39 is 0 Å². The van der Waals surface area contributed by atoms with E-state index in [1.165, 1.54) is 6.21 Å². The Bertz CT molecular complexity index is 1010. The largest absolute Gasteiger partial charge is 0.504 e. The van der Waals surface area contributed by atoms with Gasteiger partial charge in [-0.15, -0.1) is 0 Å². The second-order valence-electron chi connectivity index (χ2n) is 6.28. The summed E-state index contributed by atoms with van der Waals surface area (Å²) < 4.78 is 7.37. The third-order valence-electron chi connectivity index (χ3n) is 4.39. The number of aryl methyl sites for hydroxylation is 1. The molecule has 0 saturated carbocycles. The van der Waals surface area contributed by atoms with Gasteiger partial charge in [0.2, 0.25) is 0 Å². The van der Waals surface area contributed by atoms with Gasteiger partial charge in [-0.1, -0.05) is 24.3 Å². The first kappa shape index (κ1) is 19.2. The van der Waals surface area contributed by atoms with Gasteiger partial charge in [0.15, 0.2) is 11.5 Å². The maximum atomic E-state index is 12.6. The molecule has 1 heterocycles. The Kier molecular flexibility index (Phi) is 5.79. The van der Waals surface area contributed by atoms with Gasteiger partial charge in [0, 0.05) is 22.6 Å². The molecule has 2 aromatic carbocycles. The lowest BCUT2D eigenvalue weighted by atomic mass is 10.2. The van der Waals surface area contributed by atoms with Crippen LogP contribution in [0.15, 0.2) is 59.7 Å². The lowest BCUT2D eigenvalue weighted by Gasteiger charge is -2.09. The minimum atomic E-state index is -0.313. The van der Waals surface area contributed by atoms with Crippen LogP contribution in [0.5, 0.6) is 11.5 Å². The number of phenols is 1. The van der Waals surface area contributed by atoms with Crippen LogP contribution in [0.2, 0.25) is 0 Å². The predicted octanol–water partition coefficient (Wildman–Crippen LogP) is 3.96. The number of para-hydroxylation sites is 2. The van der Waals surface area contributed by atoms with E-state index in [1.54, 1.807) is 18.2 Å². The number of aromatic nitrogens is 1. The van der Waals surface area contributed by atoms with Gasteiger partial charge in [-0.25, -0.2) is 5.43 Å². The van der Waals surface area contributed by atoms with E-state index in [0.717, 1.165) is 17.1 Å². The molecule has 6 heteroatoms. The normalized spacial score (nSPS) is 11.0. The number of nitrogens with zero attached hydrogens (tertiary/aromatic N) is 2. The number of rotatable bonds is 6. The van der Waals surface area contributed by atoms with Crippen molar-refractivity contribution in [2.75, 3.05) is 6.61 Å². The molecule has 0 bridgehead atoms. The molecule has 0 radical (unpaired) electrons. The first-order chi connectivity index (χ1) is 13.5. The van der Waals surface area contributed by atoms with Crippen LogP contribution in [0.25, 0.3) is 5.69 Å². The average molecular weight is 377 g/mol. The Morgan fingerprint density at radius 2 is 1.93 bits per heavy atom. The number of benzene rings is 2. The summed E-state index contributed by atoms with van der Waals surface area (Å²) in [5.74, 6) is 0.0563. The van der Waals surface area contributed by atoms with Crippen molar-refractivity contribution in [3.05, 3.63) is 77.1 Å². The number of carbonyl (C=O) groups excluding carboxylic acids is 1. The monoisotopic (exact) mass is 377 g/mol. The van der Waals surface area contributed by atoms with Crippen molar-refractivity contribution in [3.8, 4) is 17.2 Å². The summed E-state index contributed by atoms with van der Waals surface area (Å²) in [6, 6.07) is 16.8. The maximum absolute atomic E-state index is 12.6. The Balaban J connectivity index is 1.78. The van der Waals surface area contributed by atoms with Crippen LogP contribution in [-0.4, -0.2) is 28.4 Å². The van der Waals surface area contributed by atoms with Gasteiger partial charge in [0.25, 0.3) is 5.91 Å². The number of hydrazone groups is 1. The Morgan fingerprint density at radius 1 is 1.18 bits per heavy atom. The zero-order valence-corrected chi connectivity index (χ0v) is 16.1. The highest BCUT2D eigenvalue weighted by Crippen LogP contribution is 2.28. The van der Waals surface area contributed by atoms with Gasteiger partial charge in [0.05, 0.1) is 18.4 Å². The van der Waals surface area contributed by atoms with E-state index >= 15 is 0 Å². The molecular weight excluding hydrogens is 354 g/mol. The second-order valence-corrected chi connectivity index (χ2v) is 6.28. The maximum Gasteiger partial charge on any atom is 0.273 e. The quantitative estimate of drug-likeness (QED) is 0.504. The average Bonchev–Trinajstić information content (AvgIpc) is 2.99. The van der Waals surface area contributed by atoms with E-state index in [9.17, 15) is 9.90 Å². The summed E-state index contributed by atoms with van der Waals surface area (Å²) in [5, 5.41) is 14.2. The third kappa shape index (κ3) is 3.91. The SMILES string of the molecule is CCOc1cccc(/C=N/NC(=O)c2cc(C)n(-c3ccccc3)c2C)c1O. The summed E-state index contributed by atoms with van der Waals surface area (Å²) in [6.07, 6.45) is 1.39. The fraction of sp³-hybridized carbons (Fsp3) is 0.182. The van der Waals surface area contributed by atoms with Crippen LogP contribution >= 0.6 is 0 Å². The summed E-state index contributed by atoms with van der Waals surface area (Å²) in [6.45, 7) is 6.14. The molecule has 2 N–H and O–H groups in total. The molecule has 6 nitrogen and oxygen atoms in total. The number of hydrogen-bond acceptors (Lipinski definition) is 4. The molecule has 0 spiro atoms. The molecule has 0 aliphatic carbocycles. The minimum absolute atomic E-state index is 0.00963. The molecular formula is C22H23N3O3. The highest BCUT2D eigenvalue weighted by Gasteiger charge is 2.16. The summed E-state index contributed by atoms with van der Waals surface area (Å²) in [5.41, 5.74) is 6.32. The molecule has 3 aromatic rings. The Morgan fingerprint density at radius 3 is 2.64 bits per heavy atom. The zero-order chi connectivity index (χ0) is 20.1. The molecule has 0 aliphatic heterocycles. The molecule has 0 fully saturated rings. The van der Waals surface area contributed by atoms with Gasteiger partial charge in [-0.2, -0.15) is 5.10 Å². The summed E-state index contributed by atoms with van der Waals surface area (Å²) in [7, 11) is 0. The van der Waals surface area contributed by atoms with Crippen molar-refractivity contribution in [1.29, 1.82) is 0 Å². The molecule has 0 atom stereocenters. The van der Waals surface area contributed by atoms with Crippen LogP contribution in [-0.2, 0) is 0 Å². The van der Waals surface area contributed by atoms with Crippen LogP contribution < -0.4 is 10.2 Å². The third-order valence-corrected chi connectivity index (χ3v) is 4.39. The van der Waals surface area contributed by atoms with E-state index in [4.69, 9.17) is 4.74 Å². The van der Waals surface area contributed by atoms with Crippen molar-refractivity contribution in [1.82, 2.24) is 9.99 Å². The predicted molar refractivity (Wildman–Crippen MR) is 110 cm³/mol. The van der Waals surface area contributed by atoms with Crippen LogP contribution in [0, 0.1) is 13.8 Å². The van der Waals surface area contributed by atoms with E-state index in [-0.39, 0.29) is 11.7 Å². The fourth-order valence-electron chi connectivity index (χ4n) is 3.10. The lowest BCUT2D eigenvalue weighted by molar-refractivity contribution is 0.0954. The van der Waals surface area contributed by atoms with Crippen molar-refractivity contribution < 1.29 is 14.6 Å². The fourth-order valence-corrected chi connectivity index (χ4v) is 3.10. The van der Waals surface area contributed by atoms with Gasteiger partial charge in [0.1, 0.15) is 0 Å². The van der Waals surface area contributed by atoms with E-state index in [0.29, 0.717) is 23.5 Å². The lowest BCUT2D eigenvalue weighted by Crippen LogP contribution is -2.18. The Labute approximate surface area is 164 Å². The van der Waals surface area contributed by atoms with Crippen LogP contribution in [0.4, 0.5) is 0 Å². The van der Waals surface area contributed by atoms with Gasteiger partial charge in [-0.05, 0) is 51.1 Å². The minimum Gasteiger partial charge on any atom is -0.504 e. The molecule has 0 unspecified atom stereocenters. The number of carbonyl (C=O) groups is 1. The summed E-state index contributed by atoms with van der Waals surface area (Å²) in [4.78, 5) is 12.6. The second kappa shape index (κ2) is 8.43.